The minimum absolute atomic E-state index is 0.0932. The van der Waals surface area contributed by atoms with Gasteiger partial charge in [0, 0.05) is 23.9 Å². The van der Waals surface area contributed by atoms with E-state index < -0.39 is 0 Å². The molecule has 3 aromatic rings. The first-order valence-corrected chi connectivity index (χ1v) is 9.16. The van der Waals surface area contributed by atoms with Crippen molar-refractivity contribution in [2.75, 3.05) is 7.11 Å². The molecule has 0 bridgehead atoms. The van der Waals surface area contributed by atoms with E-state index in [0.717, 1.165) is 16.9 Å². The zero-order valence-corrected chi connectivity index (χ0v) is 16.0. The summed E-state index contributed by atoms with van der Waals surface area (Å²) in [6, 6.07) is 18.4. The Bertz CT molecular complexity index is 1010. The van der Waals surface area contributed by atoms with Gasteiger partial charge in [-0.05, 0) is 24.1 Å². The van der Waals surface area contributed by atoms with Gasteiger partial charge in [0.05, 0.1) is 7.11 Å². The highest BCUT2D eigenvalue weighted by atomic mass is 16.5. The number of benzene rings is 2. The standard InChI is InChI=1S/C22H23N3O3/c1-3-18-13-21(27)25(22(24-18)17-9-5-4-6-10-17)15-20(26)23-14-16-8-7-11-19(12-16)28-2/h4-13H,3,14-15H2,1-2H3,(H,23,26). The number of nitrogens with zero attached hydrogens (tertiary/aromatic N) is 2. The minimum atomic E-state index is -0.256. The molecule has 6 nitrogen and oxygen atoms in total. The number of rotatable bonds is 7. The Morgan fingerprint density at radius 2 is 1.89 bits per heavy atom. The fourth-order valence-electron chi connectivity index (χ4n) is 2.88. The van der Waals surface area contributed by atoms with Gasteiger partial charge in [-0.1, -0.05) is 49.4 Å². The number of carbonyl (C=O) groups is 1. The summed E-state index contributed by atoms with van der Waals surface area (Å²) >= 11 is 0. The predicted octanol–water partition coefficient (Wildman–Crippen LogP) is 2.80. The third kappa shape index (κ3) is 4.65. The average molecular weight is 377 g/mol. The van der Waals surface area contributed by atoms with E-state index in [0.29, 0.717) is 24.5 Å². The molecule has 1 N–H and O–H groups in total. The highest BCUT2D eigenvalue weighted by Gasteiger charge is 2.13. The summed E-state index contributed by atoms with van der Waals surface area (Å²) in [5, 5.41) is 2.85. The quantitative estimate of drug-likeness (QED) is 0.687. The van der Waals surface area contributed by atoms with E-state index in [4.69, 9.17) is 4.74 Å². The van der Waals surface area contributed by atoms with E-state index in [1.807, 2.05) is 61.5 Å². The number of ether oxygens (including phenoxy) is 1. The SMILES string of the molecule is CCc1cc(=O)n(CC(=O)NCc2cccc(OC)c2)c(-c2ccccc2)n1. The number of hydrogen-bond donors (Lipinski definition) is 1. The third-order valence-corrected chi connectivity index (χ3v) is 4.38. The molecule has 1 amide bonds. The Hall–Kier alpha value is -3.41. The molecule has 1 aromatic heterocycles. The van der Waals surface area contributed by atoms with E-state index in [1.165, 1.54) is 10.6 Å². The maximum atomic E-state index is 12.6. The van der Waals surface area contributed by atoms with Crippen molar-refractivity contribution >= 4 is 5.91 Å². The van der Waals surface area contributed by atoms with Crippen LogP contribution in [0.4, 0.5) is 0 Å². The molecule has 0 fully saturated rings. The van der Waals surface area contributed by atoms with Gasteiger partial charge in [-0.3, -0.25) is 14.2 Å². The molecule has 0 unspecified atom stereocenters. The molecule has 0 radical (unpaired) electrons. The number of amides is 1. The first-order chi connectivity index (χ1) is 13.6. The number of hydrogen-bond acceptors (Lipinski definition) is 4. The van der Waals surface area contributed by atoms with Crippen molar-refractivity contribution in [1.82, 2.24) is 14.9 Å². The molecule has 3 rings (SSSR count). The van der Waals surface area contributed by atoms with Gasteiger partial charge in [0.1, 0.15) is 18.1 Å². The minimum Gasteiger partial charge on any atom is -0.497 e. The average Bonchev–Trinajstić information content (AvgIpc) is 2.74. The molecule has 0 aliphatic carbocycles. The van der Waals surface area contributed by atoms with Crippen molar-refractivity contribution < 1.29 is 9.53 Å². The van der Waals surface area contributed by atoms with Crippen LogP contribution in [-0.4, -0.2) is 22.6 Å². The van der Waals surface area contributed by atoms with Crippen LogP contribution in [0.15, 0.2) is 65.5 Å². The van der Waals surface area contributed by atoms with E-state index in [-0.39, 0.29) is 18.0 Å². The summed E-state index contributed by atoms with van der Waals surface area (Å²) in [6.45, 7) is 2.21. The van der Waals surface area contributed by atoms with Gasteiger partial charge in [0.15, 0.2) is 0 Å². The third-order valence-electron chi connectivity index (χ3n) is 4.38. The molecule has 0 aliphatic heterocycles. The van der Waals surface area contributed by atoms with Crippen molar-refractivity contribution in [3.8, 4) is 17.1 Å². The molecule has 0 saturated heterocycles. The lowest BCUT2D eigenvalue weighted by molar-refractivity contribution is -0.121. The first kappa shape index (κ1) is 19.4. The molecule has 0 spiro atoms. The molecule has 144 valence electrons. The highest BCUT2D eigenvalue weighted by molar-refractivity contribution is 5.76. The van der Waals surface area contributed by atoms with Crippen molar-refractivity contribution in [2.24, 2.45) is 0 Å². The Morgan fingerprint density at radius 3 is 2.61 bits per heavy atom. The number of methoxy groups -OCH3 is 1. The maximum Gasteiger partial charge on any atom is 0.254 e. The summed E-state index contributed by atoms with van der Waals surface area (Å²) in [7, 11) is 1.60. The zero-order valence-electron chi connectivity index (χ0n) is 16.0. The Morgan fingerprint density at radius 1 is 1.11 bits per heavy atom. The predicted molar refractivity (Wildman–Crippen MR) is 108 cm³/mol. The molecular weight excluding hydrogens is 354 g/mol. The Kier molecular flexibility index (Phi) is 6.22. The van der Waals surface area contributed by atoms with Crippen LogP contribution in [0.25, 0.3) is 11.4 Å². The number of carbonyl (C=O) groups excluding carboxylic acids is 1. The van der Waals surface area contributed by atoms with Crippen molar-refractivity contribution in [3.05, 3.63) is 82.3 Å². The molecule has 1 heterocycles. The van der Waals surface area contributed by atoms with Crippen LogP contribution < -0.4 is 15.6 Å². The Labute approximate surface area is 163 Å². The summed E-state index contributed by atoms with van der Waals surface area (Å²) in [5.74, 6) is 0.975. The van der Waals surface area contributed by atoms with Gasteiger partial charge >= 0.3 is 0 Å². The van der Waals surface area contributed by atoms with Gasteiger partial charge in [0.25, 0.3) is 5.56 Å². The molecule has 28 heavy (non-hydrogen) atoms. The monoisotopic (exact) mass is 377 g/mol. The summed E-state index contributed by atoms with van der Waals surface area (Å²) in [4.78, 5) is 29.7. The molecule has 0 saturated carbocycles. The van der Waals surface area contributed by atoms with Gasteiger partial charge < -0.3 is 10.1 Å². The summed E-state index contributed by atoms with van der Waals surface area (Å²) in [5.41, 5.74) is 2.19. The molecule has 6 heteroatoms. The van der Waals surface area contributed by atoms with E-state index >= 15 is 0 Å². The van der Waals surface area contributed by atoms with Crippen LogP contribution in [0.1, 0.15) is 18.2 Å². The molecule has 0 atom stereocenters. The topological polar surface area (TPSA) is 73.2 Å². The molecule has 2 aromatic carbocycles. The van der Waals surface area contributed by atoms with E-state index in [1.54, 1.807) is 7.11 Å². The molecule has 0 aliphatic rings. The first-order valence-electron chi connectivity index (χ1n) is 9.16. The zero-order chi connectivity index (χ0) is 19.9. The van der Waals surface area contributed by atoms with Crippen molar-refractivity contribution in [1.29, 1.82) is 0 Å². The lowest BCUT2D eigenvalue weighted by atomic mass is 10.2. The van der Waals surface area contributed by atoms with Gasteiger partial charge in [-0.25, -0.2) is 4.98 Å². The fourth-order valence-corrected chi connectivity index (χ4v) is 2.88. The molecular formula is C22H23N3O3. The van der Waals surface area contributed by atoms with Crippen LogP contribution in [0.3, 0.4) is 0 Å². The van der Waals surface area contributed by atoms with Crippen LogP contribution in [0, 0.1) is 0 Å². The van der Waals surface area contributed by atoms with Crippen molar-refractivity contribution in [2.45, 2.75) is 26.4 Å². The smallest absolute Gasteiger partial charge is 0.254 e. The van der Waals surface area contributed by atoms with E-state index in [9.17, 15) is 9.59 Å². The van der Waals surface area contributed by atoms with Gasteiger partial charge in [-0.2, -0.15) is 0 Å². The van der Waals surface area contributed by atoms with Crippen LogP contribution in [-0.2, 0) is 24.3 Å². The number of aromatic nitrogens is 2. The second-order valence-electron chi connectivity index (χ2n) is 6.34. The number of aryl methyl sites for hydroxylation is 1. The summed E-state index contributed by atoms with van der Waals surface area (Å²) < 4.78 is 6.61. The summed E-state index contributed by atoms with van der Waals surface area (Å²) in [6.07, 6.45) is 0.651. The number of nitrogens with one attached hydrogen (secondary N) is 1. The van der Waals surface area contributed by atoms with Crippen LogP contribution in [0.5, 0.6) is 5.75 Å². The Balaban J connectivity index is 1.81. The second-order valence-corrected chi connectivity index (χ2v) is 6.34. The van der Waals surface area contributed by atoms with E-state index in [2.05, 4.69) is 10.3 Å². The lowest BCUT2D eigenvalue weighted by Gasteiger charge is -2.14. The van der Waals surface area contributed by atoms with Crippen LogP contribution in [0.2, 0.25) is 0 Å². The highest BCUT2D eigenvalue weighted by Crippen LogP contribution is 2.16. The normalized spacial score (nSPS) is 10.5. The second kappa shape index (κ2) is 8.99. The maximum absolute atomic E-state index is 12.6. The van der Waals surface area contributed by atoms with Crippen molar-refractivity contribution in [3.63, 3.8) is 0 Å². The van der Waals surface area contributed by atoms with Gasteiger partial charge in [-0.15, -0.1) is 0 Å². The van der Waals surface area contributed by atoms with Crippen LogP contribution >= 0.6 is 0 Å². The fraction of sp³-hybridized carbons (Fsp3) is 0.227. The van der Waals surface area contributed by atoms with Gasteiger partial charge in [0.2, 0.25) is 5.91 Å². The largest absolute Gasteiger partial charge is 0.497 e. The lowest BCUT2D eigenvalue weighted by Crippen LogP contribution is -2.33.